The summed E-state index contributed by atoms with van der Waals surface area (Å²) in [5.74, 6) is -4.30. The maximum atomic E-state index is 13.9. The van der Waals surface area contributed by atoms with Gasteiger partial charge in [0.2, 0.25) is 5.91 Å². The highest BCUT2D eigenvalue weighted by molar-refractivity contribution is 7.79. The Kier molecular flexibility index (Phi) is 9.54. The Bertz CT molecular complexity index is 1580. The maximum Gasteiger partial charge on any atom is 0.326 e. The molecule has 1 aliphatic rings. The van der Waals surface area contributed by atoms with Gasteiger partial charge in [-0.05, 0) is 70.6 Å². The summed E-state index contributed by atoms with van der Waals surface area (Å²) >= 11 is 10.4. The van der Waals surface area contributed by atoms with Crippen LogP contribution >= 0.6 is 23.2 Å². The first-order chi connectivity index (χ1) is 19.5. The van der Waals surface area contributed by atoms with E-state index >= 15 is 0 Å². The van der Waals surface area contributed by atoms with Gasteiger partial charge in [-0.15, -0.1) is 0 Å². The predicted molar refractivity (Wildman–Crippen MR) is 147 cm³/mol. The maximum absolute atomic E-state index is 13.9. The number of fused-ring (bicyclic) bond motifs is 1. The van der Waals surface area contributed by atoms with Crippen molar-refractivity contribution in [2.24, 2.45) is 0 Å². The third-order valence-corrected chi connectivity index (χ3v) is 7.82. The Morgan fingerprint density at radius 2 is 1.80 bits per heavy atom. The molecule has 4 rings (SSSR count). The number of amides is 2. The van der Waals surface area contributed by atoms with Crippen LogP contribution in [0.25, 0.3) is 6.08 Å². The number of benzene rings is 3. The predicted octanol–water partition coefficient (Wildman–Crippen LogP) is 4.53. The fourth-order valence-corrected chi connectivity index (χ4v) is 5.62. The zero-order chi connectivity index (χ0) is 29.8. The molecule has 2 atom stereocenters. The minimum Gasteiger partial charge on any atom is -0.768 e. The number of rotatable bonds is 8. The first-order valence-corrected chi connectivity index (χ1v) is 13.9. The molecule has 0 bridgehead atoms. The Morgan fingerprint density at radius 3 is 2.46 bits per heavy atom. The summed E-state index contributed by atoms with van der Waals surface area (Å²) in [7, 11) is 0. The van der Waals surface area contributed by atoms with Gasteiger partial charge in [0, 0.05) is 36.0 Å². The summed E-state index contributed by atoms with van der Waals surface area (Å²) < 4.78 is 50.2. The van der Waals surface area contributed by atoms with Gasteiger partial charge < -0.3 is 19.9 Å². The number of aliphatic carboxylic acids is 1. The number of carboxylic acids is 1. The molecule has 0 aliphatic carbocycles. The molecule has 0 saturated heterocycles. The van der Waals surface area contributed by atoms with E-state index in [0.717, 1.165) is 24.3 Å². The van der Waals surface area contributed by atoms with Crippen LogP contribution in [0.4, 0.5) is 8.78 Å². The highest BCUT2D eigenvalue weighted by atomic mass is 35.5. The lowest BCUT2D eigenvalue weighted by molar-refractivity contribution is -0.139. The van der Waals surface area contributed by atoms with E-state index in [1.54, 1.807) is 0 Å². The van der Waals surface area contributed by atoms with E-state index in [-0.39, 0.29) is 52.0 Å². The van der Waals surface area contributed by atoms with Gasteiger partial charge in [-0.25, -0.2) is 13.6 Å². The fourth-order valence-electron chi connectivity index (χ4n) is 4.42. The van der Waals surface area contributed by atoms with Crippen molar-refractivity contribution in [3.05, 3.63) is 104 Å². The van der Waals surface area contributed by atoms with Gasteiger partial charge in [-0.1, -0.05) is 41.4 Å². The molecule has 0 radical (unpaired) electrons. The Hall–Kier alpha value is -3.64. The van der Waals surface area contributed by atoms with Crippen LogP contribution in [0.1, 0.15) is 32.6 Å². The van der Waals surface area contributed by atoms with Crippen molar-refractivity contribution >= 4 is 58.1 Å². The third kappa shape index (κ3) is 6.99. The molecular formula is C28H21Cl2F2N2O6S-. The first kappa shape index (κ1) is 30.3. The molecule has 2 amide bonds. The average Bonchev–Trinajstić information content (AvgIpc) is 2.92. The molecule has 3 aromatic rings. The second-order valence-corrected chi connectivity index (χ2v) is 10.8. The molecule has 0 aromatic heterocycles. The number of carboxylic acid groups (broad SMARTS) is 1. The molecule has 3 aromatic carbocycles. The van der Waals surface area contributed by atoms with Gasteiger partial charge in [0.1, 0.15) is 17.7 Å². The Morgan fingerprint density at radius 1 is 1.12 bits per heavy atom. The second-order valence-electron chi connectivity index (χ2n) is 9.11. The van der Waals surface area contributed by atoms with Crippen molar-refractivity contribution in [3.8, 4) is 0 Å². The summed E-state index contributed by atoms with van der Waals surface area (Å²) in [6.07, 6.45) is 2.16. The Labute approximate surface area is 245 Å². The lowest BCUT2D eigenvalue weighted by atomic mass is 9.96. The van der Waals surface area contributed by atoms with E-state index in [0.29, 0.717) is 16.7 Å². The lowest BCUT2D eigenvalue weighted by Crippen LogP contribution is -2.42. The van der Waals surface area contributed by atoms with E-state index in [4.69, 9.17) is 23.2 Å². The number of carbonyl (C=O) groups is 3. The number of nitrogens with one attached hydrogen (secondary N) is 1. The third-order valence-electron chi connectivity index (χ3n) is 6.47. The average molecular weight is 622 g/mol. The number of halogens is 4. The first-order valence-electron chi connectivity index (χ1n) is 12.1. The van der Waals surface area contributed by atoms with Crippen LogP contribution in [0, 0.1) is 11.6 Å². The molecule has 8 nitrogen and oxygen atoms in total. The summed E-state index contributed by atoms with van der Waals surface area (Å²) in [5.41, 5.74) is 1.000. The molecule has 214 valence electrons. The van der Waals surface area contributed by atoms with Crippen molar-refractivity contribution < 1.29 is 37.0 Å². The minimum atomic E-state index is -2.51. The lowest BCUT2D eigenvalue weighted by Gasteiger charge is -2.29. The van der Waals surface area contributed by atoms with Crippen molar-refractivity contribution in [2.45, 2.75) is 30.3 Å². The van der Waals surface area contributed by atoms with E-state index in [1.165, 1.54) is 41.3 Å². The zero-order valence-corrected chi connectivity index (χ0v) is 23.4. The number of nitrogens with zero attached hydrogens (tertiary/aromatic N) is 1. The van der Waals surface area contributed by atoms with Crippen molar-refractivity contribution in [1.29, 1.82) is 0 Å². The summed E-state index contributed by atoms with van der Waals surface area (Å²) in [6, 6.07) is 9.06. The van der Waals surface area contributed by atoms with E-state index in [1.807, 2.05) is 0 Å². The van der Waals surface area contributed by atoms with Crippen LogP contribution in [0.15, 0.2) is 59.5 Å². The van der Waals surface area contributed by atoms with E-state index in [2.05, 4.69) is 5.32 Å². The van der Waals surface area contributed by atoms with Gasteiger partial charge in [0.25, 0.3) is 5.91 Å². The molecule has 41 heavy (non-hydrogen) atoms. The molecule has 0 spiro atoms. The molecule has 13 heteroatoms. The molecule has 1 aliphatic heterocycles. The van der Waals surface area contributed by atoms with Gasteiger partial charge in [-0.3, -0.25) is 13.8 Å². The van der Waals surface area contributed by atoms with Gasteiger partial charge in [0.15, 0.2) is 0 Å². The molecular weight excluding hydrogens is 601 g/mol. The van der Waals surface area contributed by atoms with Crippen LogP contribution in [0.2, 0.25) is 10.0 Å². The van der Waals surface area contributed by atoms with Gasteiger partial charge in [0.05, 0.1) is 15.6 Å². The molecule has 0 fully saturated rings. The quantitative estimate of drug-likeness (QED) is 0.281. The fraction of sp³-hybridized carbons (Fsp3) is 0.179. The van der Waals surface area contributed by atoms with Crippen LogP contribution < -0.4 is 5.32 Å². The van der Waals surface area contributed by atoms with Crippen LogP contribution in [-0.2, 0) is 40.1 Å². The Balaban J connectivity index is 1.51. The monoisotopic (exact) mass is 621 g/mol. The standard InChI is InChI=1S/C28H22Cl2F2N2O6S/c29-20-13-16-14-34(24(35)8-7-19-21(31)5-2-6-22(19)32)10-9-18(16)26(30)25(20)27(36)33-23(28(37)38)12-15-3-1-4-17(11-15)41(39)40/h1-8,11,13,23H,9-10,12,14H2,(H,33,36)(H,37,38)(H,39,40)/p-1. The van der Waals surface area contributed by atoms with Crippen molar-refractivity contribution in [3.63, 3.8) is 0 Å². The summed E-state index contributed by atoms with van der Waals surface area (Å²) in [4.78, 5) is 39.1. The highest BCUT2D eigenvalue weighted by Gasteiger charge is 2.29. The molecule has 1 heterocycles. The SMILES string of the molecule is O=C(NC(Cc1cccc(S(=O)[O-])c1)C(=O)O)c1c(Cl)cc2c(c1Cl)CCN(C(=O)C=Cc1c(F)cccc1F)C2. The smallest absolute Gasteiger partial charge is 0.326 e. The highest BCUT2D eigenvalue weighted by Crippen LogP contribution is 2.35. The normalized spacial score (nSPS) is 14.4. The number of hydrogen-bond acceptors (Lipinski definition) is 5. The second kappa shape index (κ2) is 12.9. The van der Waals surface area contributed by atoms with Crippen LogP contribution in [0.5, 0.6) is 0 Å². The van der Waals surface area contributed by atoms with Gasteiger partial charge in [-0.2, -0.15) is 0 Å². The van der Waals surface area contributed by atoms with E-state index < -0.39 is 46.5 Å². The zero-order valence-electron chi connectivity index (χ0n) is 21.0. The summed E-state index contributed by atoms with van der Waals surface area (Å²) in [5, 5.41) is 12.0. The van der Waals surface area contributed by atoms with Crippen LogP contribution in [-0.4, -0.2) is 49.1 Å². The number of carbonyl (C=O) groups excluding carboxylic acids is 2. The topological polar surface area (TPSA) is 127 Å². The number of hydrogen-bond donors (Lipinski definition) is 2. The van der Waals surface area contributed by atoms with E-state index in [9.17, 15) is 37.0 Å². The largest absolute Gasteiger partial charge is 0.768 e. The minimum absolute atomic E-state index is 0.00829. The van der Waals surface area contributed by atoms with Gasteiger partial charge >= 0.3 is 5.97 Å². The van der Waals surface area contributed by atoms with Crippen LogP contribution in [0.3, 0.4) is 0 Å². The molecule has 2 N–H and O–H groups in total. The summed E-state index contributed by atoms with van der Waals surface area (Å²) in [6.45, 7) is 0.252. The van der Waals surface area contributed by atoms with Crippen molar-refractivity contribution in [1.82, 2.24) is 10.2 Å². The molecule has 2 unspecified atom stereocenters. The van der Waals surface area contributed by atoms with Crippen molar-refractivity contribution in [2.75, 3.05) is 6.54 Å². The molecule has 0 saturated carbocycles.